The van der Waals surface area contributed by atoms with Gasteiger partial charge in [0.2, 0.25) is 0 Å². The van der Waals surface area contributed by atoms with E-state index in [0.29, 0.717) is 11.3 Å². The quantitative estimate of drug-likeness (QED) is 0.274. The molecule has 0 saturated heterocycles. The number of carbonyl (C=O) groups excluding carboxylic acids is 1. The SMILES string of the molecule is N=C(c1ccccn1)N(N)C(=O)c1ccccc1. The second-order valence-electron chi connectivity index (χ2n) is 3.60. The summed E-state index contributed by atoms with van der Waals surface area (Å²) in [5, 5.41) is 8.62. The van der Waals surface area contributed by atoms with Gasteiger partial charge in [-0.2, -0.15) is 0 Å². The standard InChI is InChI=1S/C13H12N4O/c14-12(11-8-4-5-9-16-11)17(15)13(18)10-6-2-1-3-7-10/h1-9,14H,15H2. The summed E-state index contributed by atoms with van der Waals surface area (Å²) in [6.07, 6.45) is 1.55. The summed E-state index contributed by atoms with van der Waals surface area (Å²) in [4.78, 5) is 16.0. The zero-order valence-corrected chi connectivity index (χ0v) is 9.58. The minimum absolute atomic E-state index is 0.135. The van der Waals surface area contributed by atoms with Crippen LogP contribution in [0.5, 0.6) is 0 Å². The van der Waals surface area contributed by atoms with E-state index in [4.69, 9.17) is 11.3 Å². The molecule has 5 nitrogen and oxygen atoms in total. The van der Waals surface area contributed by atoms with E-state index < -0.39 is 5.91 Å². The molecule has 0 atom stereocenters. The first kappa shape index (κ1) is 11.9. The molecule has 0 unspecified atom stereocenters. The molecule has 90 valence electrons. The highest BCUT2D eigenvalue weighted by atomic mass is 16.2. The van der Waals surface area contributed by atoms with Gasteiger partial charge in [-0.1, -0.05) is 24.3 Å². The maximum atomic E-state index is 12.0. The first-order chi connectivity index (χ1) is 8.70. The van der Waals surface area contributed by atoms with Crippen molar-refractivity contribution in [2.24, 2.45) is 5.84 Å². The Hall–Kier alpha value is -2.53. The number of nitrogens with zero attached hydrogens (tertiary/aromatic N) is 2. The van der Waals surface area contributed by atoms with Crippen LogP contribution in [0, 0.1) is 5.41 Å². The number of pyridine rings is 1. The van der Waals surface area contributed by atoms with Gasteiger partial charge in [0.05, 0.1) is 0 Å². The van der Waals surface area contributed by atoms with E-state index in [9.17, 15) is 4.79 Å². The van der Waals surface area contributed by atoms with Gasteiger partial charge in [0.1, 0.15) is 5.69 Å². The van der Waals surface area contributed by atoms with Gasteiger partial charge in [-0.05, 0) is 24.3 Å². The Balaban J connectivity index is 2.20. The smallest absolute Gasteiger partial charge is 0.273 e. The second kappa shape index (κ2) is 5.20. The molecule has 18 heavy (non-hydrogen) atoms. The topological polar surface area (TPSA) is 83.1 Å². The van der Waals surface area contributed by atoms with Gasteiger partial charge in [-0.3, -0.25) is 15.2 Å². The molecule has 0 aliphatic rings. The van der Waals surface area contributed by atoms with Gasteiger partial charge in [-0.25, -0.2) is 10.9 Å². The Labute approximate surface area is 104 Å². The number of amidine groups is 1. The minimum Gasteiger partial charge on any atom is -0.281 e. The van der Waals surface area contributed by atoms with Crippen molar-refractivity contribution in [3.8, 4) is 0 Å². The molecule has 2 rings (SSSR count). The lowest BCUT2D eigenvalue weighted by Crippen LogP contribution is -2.42. The Morgan fingerprint density at radius 1 is 1.11 bits per heavy atom. The van der Waals surface area contributed by atoms with Gasteiger partial charge >= 0.3 is 0 Å². The molecule has 0 fully saturated rings. The van der Waals surface area contributed by atoms with Gasteiger partial charge in [0.25, 0.3) is 5.91 Å². The molecule has 1 amide bonds. The van der Waals surface area contributed by atoms with E-state index >= 15 is 0 Å². The van der Waals surface area contributed by atoms with E-state index in [1.807, 2.05) is 6.07 Å². The van der Waals surface area contributed by atoms with E-state index in [1.165, 1.54) is 0 Å². The predicted molar refractivity (Wildman–Crippen MR) is 67.9 cm³/mol. The number of nitrogens with one attached hydrogen (secondary N) is 1. The number of hydrazine groups is 1. The van der Waals surface area contributed by atoms with Crippen LogP contribution in [-0.2, 0) is 0 Å². The molecule has 0 saturated carbocycles. The fourth-order valence-electron chi connectivity index (χ4n) is 1.45. The molecule has 5 heteroatoms. The lowest BCUT2D eigenvalue weighted by molar-refractivity contribution is 0.0846. The average molecular weight is 240 g/mol. The first-order valence-corrected chi connectivity index (χ1v) is 5.34. The molecule has 1 aromatic carbocycles. The fourth-order valence-corrected chi connectivity index (χ4v) is 1.45. The molecular formula is C13H12N4O. The highest BCUT2D eigenvalue weighted by Crippen LogP contribution is 2.05. The predicted octanol–water partition coefficient (Wildman–Crippen LogP) is 1.42. The Bertz CT molecular complexity index is 502. The Kier molecular flexibility index (Phi) is 3.45. The third-order valence-electron chi connectivity index (χ3n) is 2.39. The largest absolute Gasteiger partial charge is 0.281 e. The lowest BCUT2D eigenvalue weighted by atomic mass is 10.2. The molecule has 0 aliphatic heterocycles. The zero-order valence-electron chi connectivity index (χ0n) is 9.58. The number of benzene rings is 1. The summed E-state index contributed by atoms with van der Waals surface area (Å²) in [5.74, 6) is 5.07. The number of amides is 1. The van der Waals surface area contributed by atoms with Crippen LogP contribution in [0.4, 0.5) is 0 Å². The van der Waals surface area contributed by atoms with Crippen LogP contribution < -0.4 is 5.84 Å². The molecule has 0 radical (unpaired) electrons. The molecule has 2 aromatic rings. The summed E-state index contributed by atoms with van der Waals surface area (Å²) in [7, 11) is 0. The number of carbonyl (C=O) groups is 1. The highest BCUT2D eigenvalue weighted by molar-refractivity contribution is 6.09. The average Bonchev–Trinajstić information content (AvgIpc) is 2.47. The third-order valence-corrected chi connectivity index (χ3v) is 2.39. The van der Waals surface area contributed by atoms with Crippen molar-refractivity contribution in [1.82, 2.24) is 9.99 Å². The van der Waals surface area contributed by atoms with Gasteiger partial charge < -0.3 is 0 Å². The van der Waals surface area contributed by atoms with Crippen LogP contribution in [0.2, 0.25) is 0 Å². The van der Waals surface area contributed by atoms with Gasteiger partial charge in [-0.15, -0.1) is 0 Å². The molecule has 3 N–H and O–H groups in total. The summed E-state index contributed by atoms with van der Waals surface area (Å²) in [6, 6.07) is 13.7. The molecule has 1 aromatic heterocycles. The first-order valence-electron chi connectivity index (χ1n) is 5.34. The maximum absolute atomic E-state index is 12.0. The number of rotatable bonds is 2. The van der Waals surface area contributed by atoms with Crippen molar-refractivity contribution in [3.63, 3.8) is 0 Å². The third kappa shape index (κ3) is 2.41. The lowest BCUT2D eigenvalue weighted by Gasteiger charge is -2.16. The molecular weight excluding hydrogens is 228 g/mol. The molecule has 1 heterocycles. The summed E-state index contributed by atoms with van der Waals surface area (Å²) >= 11 is 0. The highest BCUT2D eigenvalue weighted by Gasteiger charge is 2.18. The van der Waals surface area contributed by atoms with Gasteiger partial charge in [0.15, 0.2) is 5.84 Å². The maximum Gasteiger partial charge on any atom is 0.273 e. The minimum atomic E-state index is -0.439. The van der Waals surface area contributed by atoms with E-state index in [-0.39, 0.29) is 5.84 Å². The van der Waals surface area contributed by atoms with Gasteiger partial charge in [0, 0.05) is 11.8 Å². The van der Waals surface area contributed by atoms with E-state index in [2.05, 4.69) is 4.98 Å². The van der Waals surface area contributed by atoms with Crippen LogP contribution >= 0.6 is 0 Å². The normalized spacial score (nSPS) is 9.83. The molecule has 0 spiro atoms. The number of nitrogens with two attached hydrogens (primary N) is 1. The van der Waals surface area contributed by atoms with Crippen molar-refractivity contribution >= 4 is 11.7 Å². The van der Waals surface area contributed by atoms with Crippen LogP contribution in [0.25, 0.3) is 0 Å². The summed E-state index contributed by atoms with van der Waals surface area (Å²) < 4.78 is 0. The summed E-state index contributed by atoms with van der Waals surface area (Å²) in [6.45, 7) is 0. The number of hydrogen-bond donors (Lipinski definition) is 2. The zero-order chi connectivity index (χ0) is 13.0. The summed E-state index contributed by atoms with van der Waals surface area (Å²) in [5.41, 5.74) is 0.782. The number of hydrogen-bond acceptors (Lipinski definition) is 4. The number of aromatic nitrogens is 1. The Morgan fingerprint density at radius 2 is 1.78 bits per heavy atom. The van der Waals surface area contributed by atoms with E-state index in [0.717, 1.165) is 5.01 Å². The van der Waals surface area contributed by atoms with Crippen LogP contribution in [0.15, 0.2) is 54.7 Å². The second-order valence-corrected chi connectivity index (χ2v) is 3.60. The van der Waals surface area contributed by atoms with Crippen molar-refractivity contribution in [2.45, 2.75) is 0 Å². The molecule has 0 bridgehead atoms. The van der Waals surface area contributed by atoms with E-state index in [1.54, 1.807) is 48.7 Å². The monoisotopic (exact) mass is 240 g/mol. The van der Waals surface area contributed by atoms with Crippen molar-refractivity contribution in [2.75, 3.05) is 0 Å². The van der Waals surface area contributed by atoms with Crippen LogP contribution in [0.1, 0.15) is 16.1 Å². The van der Waals surface area contributed by atoms with Crippen molar-refractivity contribution < 1.29 is 4.79 Å². The van der Waals surface area contributed by atoms with Crippen molar-refractivity contribution in [1.29, 1.82) is 5.41 Å². The fraction of sp³-hybridized carbons (Fsp3) is 0. The Morgan fingerprint density at radius 3 is 2.39 bits per heavy atom. The van der Waals surface area contributed by atoms with Crippen LogP contribution in [0.3, 0.4) is 0 Å². The molecule has 0 aliphatic carbocycles. The van der Waals surface area contributed by atoms with Crippen LogP contribution in [-0.4, -0.2) is 21.7 Å². The van der Waals surface area contributed by atoms with Crippen molar-refractivity contribution in [3.05, 3.63) is 66.0 Å².